The largest absolute Gasteiger partial charge is 0.306 e. The Morgan fingerprint density at radius 2 is 1.76 bits per heavy atom. The molecule has 0 unspecified atom stereocenters. The summed E-state index contributed by atoms with van der Waals surface area (Å²) >= 11 is 1.70. The van der Waals surface area contributed by atoms with Gasteiger partial charge in [0.15, 0.2) is 0 Å². The first kappa shape index (κ1) is 21.9. The van der Waals surface area contributed by atoms with Gasteiger partial charge in [0.05, 0.1) is 18.4 Å². The van der Waals surface area contributed by atoms with Crippen LogP contribution in [0.3, 0.4) is 0 Å². The molecule has 0 aromatic heterocycles. The normalized spacial score (nSPS) is 28.0. The van der Waals surface area contributed by atoms with Crippen molar-refractivity contribution in [2.24, 2.45) is 11.8 Å². The third-order valence-corrected chi connectivity index (χ3v) is 7.73. The van der Waals surface area contributed by atoms with Crippen molar-refractivity contribution in [2.45, 2.75) is 24.5 Å². The molecule has 7 heteroatoms. The van der Waals surface area contributed by atoms with E-state index in [9.17, 15) is 14.4 Å². The zero-order chi connectivity index (χ0) is 23.2. The van der Waals surface area contributed by atoms with Crippen LogP contribution in [0.25, 0.3) is 0 Å². The Labute approximate surface area is 198 Å². The molecular weight excluding hydrogens is 434 g/mol. The summed E-state index contributed by atoms with van der Waals surface area (Å²) in [4.78, 5) is 44.6. The van der Waals surface area contributed by atoms with Gasteiger partial charge in [0.1, 0.15) is 5.54 Å². The first-order valence-electron chi connectivity index (χ1n) is 11.2. The Kier molecular flexibility index (Phi) is 5.62. The van der Waals surface area contributed by atoms with Crippen molar-refractivity contribution in [1.82, 2.24) is 10.2 Å². The molecule has 0 radical (unpaired) electrons. The van der Waals surface area contributed by atoms with Crippen molar-refractivity contribution < 1.29 is 14.4 Å². The maximum atomic E-state index is 14.0. The van der Waals surface area contributed by atoms with E-state index in [2.05, 4.69) is 11.9 Å². The molecule has 3 aliphatic rings. The summed E-state index contributed by atoms with van der Waals surface area (Å²) < 4.78 is 0. The fourth-order valence-corrected chi connectivity index (χ4v) is 6.22. The van der Waals surface area contributed by atoms with E-state index >= 15 is 0 Å². The minimum atomic E-state index is -1.23. The predicted molar refractivity (Wildman–Crippen MR) is 130 cm³/mol. The van der Waals surface area contributed by atoms with E-state index in [1.54, 1.807) is 22.7 Å². The molecule has 3 amide bonds. The van der Waals surface area contributed by atoms with Crippen molar-refractivity contribution >= 4 is 35.2 Å². The van der Waals surface area contributed by atoms with Gasteiger partial charge >= 0.3 is 0 Å². The lowest BCUT2D eigenvalue weighted by Gasteiger charge is -2.30. The highest BCUT2D eigenvalue weighted by atomic mass is 32.2. The number of thioether (sulfide) groups is 1. The summed E-state index contributed by atoms with van der Waals surface area (Å²) in [5.74, 6) is -1.11. The summed E-state index contributed by atoms with van der Waals surface area (Å²) in [6, 6.07) is 16.9. The van der Waals surface area contributed by atoms with Crippen molar-refractivity contribution in [3.8, 4) is 0 Å². The van der Waals surface area contributed by atoms with E-state index in [0.717, 1.165) is 22.6 Å². The summed E-state index contributed by atoms with van der Waals surface area (Å²) in [5.41, 5.74) is 1.22. The van der Waals surface area contributed by atoms with Gasteiger partial charge in [-0.2, -0.15) is 11.8 Å². The van der Waals surface area contributed by atoms with Crippen LogP contribution in [-0.4, -0.2) is 47.2 Å². The Morgan fingerprint density at radius 1 is 1.03 bits per heavy atom. The number of imide groups is 1. The molecular formula is C26H27N3O3S. The number of anilines is 1. The van der Waals surface area contributed by atoms with Gasteiger partial charge in [0.2, 0.25) is 11.8 Å². The van der Waals surface area contributed by atoms with Crippen molar-refractivity contribution in [3.05, 3.63) is 78.4 Å². The Morgan fingerprint density at radius 3 is 2.48 bits per heavy atom. The second-order valence-electron chi connectivity index (χ2n) is 8.81. The standard InChI is InChI=1S/C26H27N3O3S/c1-3-14-28-20-12-8-7-11-18(20)26(25(28)32)22-21(19(27-26)13-15-33-2)23(30)29(24(22)31)16-17-9-5-4-6-10-17/h3-12,19,21-22,27H,1,13-16H2,2H3/t19-,21+,22-,26-/m0/s1. The molecule has 2 saturated heterocycles. The van der Waals surface area contributed by atoms with E-state index in [0.29, 0.717) is 13.0 Å². The van der Waals surface area contributed by atoms with Crippen molar-refractivity contribution in [2.75, 3.05) is 23.5 Å². The minimum Gasteiger partial charge on any atom is -0.306 e. The number of nitrogens with zero attached hydrogens (tertiary/aromatic N) is 2. The summed E-state index contributed by atoms with van der Waals surface area (Å²) in [7, 11) is 0. The first-order valence-corrected chi connectivity index (χ1v) is 12.6. The average molecular weight is 462 g/mol. The molecule has 5 rings (SSSR count). The number of hydrogen-bond acceptors (Lipinski definition) is 5. The Balaban J connectivity index is 1.61. The third kappa shape index (κ3) is 3.17. The molecule has 3 aliphatic heterocycles. The third-order valence-electron chi connectivity index (χ3n) is 7.09. The van der Waals surface area contributed by atoms with E-state index in [4.69, 9.17) is 0 Å². The number of para-hydroxylation sites is 1. The van der Waals surface area contributed by atoms with Gasteiger partial charge in [-0.15, -0.1) is 6.58 Å². The molecule has 1 spiro atoms. The van der Waals surface area contributed by atoms with Crippen molar-refractivity contribution in [1.29, 1.82) is 0 Å². The molecule has 2 fully saturated rings. The second-order valence-corrected chi connectivity index (χ2v) is 9.80. The fraction of sp³-hybridized carbons (Fsp3) is 0.346. The number of carbonyl (C=O) groups is 3. The Hall–Kier alpha value is -2.90. The lowest BCUT2D eigenvalue weighted by molar-refractivity contribution is -0.143. The lowest BCUT2D eigenvalue weighted by atomic mass is 9.76. The zero-order valence-electron chi connectivity index (χ0n) is 18.6. The quantitative estimate of drug-likeness (QED) is 0.507. The summed E-state index contributed by atoms with van der Waals surface area (Å²) in [6.07, 6.45) is 4.42. The number of likely N-dealkylation sites (tertiary alicyclic amines) is 1. The number of carbonyl (C=O) groups excluding carboxylic acids is 3. The molecule has 3 heterocycles. The maximum Gasteiger partial charge on any atom is 0.253 e. The number of amides is 3. The van der Waals surface area contributed by atoms with E-state index in [-0.39, 0.29) is 30.3 Å². The molecule has 2 aromatic rings. The summed E-state index contributed by atoms with van der Waals surface area (Å²) in [6.45, 7) is 4.38. The molecule has 170 valence electrons. The number of rotatable bonds is 7. The van der Waals surface area contributed by atoms with Crippen LogP contribution in [-0.2, 0) is 26.5 Å². The van der Waals surface area contributed by atoms with Crippen LogP contribution in [0.2, 0.25) is 0 Å². The van der Waals surface area contributed by atoms with Gasteiger partial charge in [-0.3, -0.25) is 24.6 Å². The molecule has 1 N–H and O–H groups in total. The SMILES string of the molecule is C=CCN1C(=O)[C@]2(N[C@@H](CCSC)[C@H]3C(=O)N(Cc4ccccc4)C(=O)[C@H]32)c2ccccc21. The van der Waals surface area contributed by atoms with Crippen molar-refractivity contribution in [3.63, 3.8) is 0 Å². The monoisotopic (exact) mass is 461 g/mol. The first-order chi connectivity index (χ1) is 16.0. The fourth-order valence-electron chi connectivity index (χ4n) is 5.73. The molecule has 33 heavy (non-hydrogen) atoms. The van der Waals surface area contributed by atoms with Gasteiger partial charge < -0.3 is 4.90 Å². The second kappa shape index (κ2) is 8.47. The lowest BCUT2D eigenvalue weighted by Crippen LogP contribution is -2.55. The maximum absolute atomic E-state index is 14.0. The summed E-state index contributed by atoms with van der Waals surface area (Å²) in [5, 5.41) is 3.54. The molecule has 2 aromatic carbocycles. The van der Waals surface area contributed by atoms with Crippen LogP contribution in [0.4, 0.5) is 5.69 Å². The van der Waals surface area contributed by atoms with Crippen LogP contribution in [0.5, 0.6) is 0 Å². The molecule has 4 atom stereocenters. The van der Waals surface area contributed by atoms with Gasteiger partial charge in [-0.05, 0) is 30.1 Å². The predicted octanol–water partition coefficient (Wildman–Crippen LogP) is 2.94. The smallest absolute Gasteiger partial charge is 0.253 e. The van der Waals surface area contributed by atoms with Crippen LogP contribution in [0.1, 0.15) is 17.5 Å². The topological polar surface area (TPSA) is 69.7 Å². The Bertz CT molecular complexity index is 1120. The van der Waals surface area contributed by atoms with E-state index in [1.165, 1.54) is 4.90 Å². The van der Waals surface area contributed by atoms with Gasteiger partial charge in [-0.25, -0.2) is 0 Å². The van der Waals surface area contributed by atoms with Gasteiger partial charge in [0.25, 0.3) is 5.91 Å². The molecule has 0 aliphatic carbocycles. The number of hydrogen-bond donors (Lipinski definition) is 1. The van der Waals surface area contributed by atoms with Crippen LogP contribution < -0.4 is 10.2 Å². The highest BCUT2D eigenvalue weighted by molar-refractivity contribution is 7.98. The highest BCUT2D eigenvalue weighted by Gasteiger charge is 2.71. The molecule has 6 nitrogen and oxygen atoms in total. The zero-order valence-corrected chi connectivity index (χ0v) is 19.4. The number of nitrogens with one attached hydrogen (secondary N) is 1. The van der Waals surface area contributed by atoms with Crippen LogP contribution in [0, 0.1) is 11.8 Å². The number of benzene rings is 2. The average Bonchev–Trinajstić information content (AvgIpc) is 3.39. The van der Waals surface area contributed by atoms with Gasteiger partial charge in [-0.1, -0.05) is 54.6 Å². The number of fused-ring (bicyclic) bond motifs is 4. The van der Waals surface area contributed by atoms with Crippen LogP contribution >= 0.6 is 11.8 Å². The van der Waals surface area contributed by atoms with E-state index < -0.39 is 17.4 Å². The molecule has 0 bridgehead atoms. The van der Waals surface area contributed by atoms with E-state index in [1.807, 2.05) is 60.9 Å². The molecule has 0 saturated carbocycles. The minimum absolute atomic E-state index is 0.173. The van der Waals surface area contributed by atoms with Crippen LogP contribution in [0.15, 0.2) is 67.3 Å². The van der Waals surface area contributed by atoms with Gasteiger partial charge in [0, 0.05) is 23.8 Å². The highest BCUT2D eigenvalue weighted by Crippen LogP contribution is 2.55.